The van der Waals surface area contributed by atoms with Gasteiger partial charge in [0.1, 0.15) is 0 Å². The zero-order valence-corrected chi connectivity index (χ0v) is 11.0. The molecule has 0 radical (unpaired) electrons. The molecule has 0 aliphatic heterocycles. The molecule has 0 aliphatic carbocycles. The number of benzene rings is 1. The number of anilines is 1. The van der Waals surface area contributed by atoms with Gasteiger partial charge in [0.05, 0.1) is 12.3 Å². The first-order valence-corrected chi connectivity index (χ1v) is 6.43. The van der Waals surface area contributed by atoms with Gasteiger partial charge in [0.2, 0.25) is 0 Å². The van der Waals surface area contributed by atoms with Gasteiger partial charge in [0.15, 0.2) is 0 Å². The van der Waals surface area contributed by atoms with Crippen LogP contribution in [0.5, 0.6) is 0 Å². The summed E-state index contributed by atoms with van der Waals surface area (Å²) in [5.74, 6) is 0.478. The normalized spacial score (nSPS) is 10.2. The van der Waals surface area contributed by atoms with Crippen molar-refractivity contribution in [2.75, 3.05) is 17.8 Å². The molecule has 1 amide bonds. The van der Waals surface area contributed by atoms with E-state index in [4.69, 9.17) is 16.3 Å². The molecule has 1 heterocycles. The fraction of sp³-hybridized carbons (Fsp3) is 0.231. The Morgan fingerprint density at radius 2 is 2.16 bits per heavy atom. The standard InChI is InChI=1S/C13H14ClN3O2/c14-7-1-10-19-13(18)16-11-3-5-12(6-4-11)17-9-2-8-15-17/h2-6,8-9H,1,7,10H2,(H,16,18). The van der Waals surface area contributed by atoms with Crippen LogP contribution in [-0.4, -0.2) is 28.4 Å². The Bertz CT molecular complexity index is 511. The summed E-state index contributed by atoms with van der Waals surface area (Å²) in [6.07, 6.45) is 3.73. The molecule has 2 aromatic rings. The molecule has 0 atom stereocenters. The van der Waals surface area contributed by atoms with Gasteiger partial charge in [-0.3, -0.25) is 5.32 Å². The van der Waals surface area contributed by atoms with Gasteiger partial charge in [-0.05, 0) is 36.8 Å². The van der Waals surface area contributed by atoms with E-state index in [2.05, 4.69) is 10.4 Å². The molecule has 5 nitrogen and oxygen atoms in total. The number of halogens is 1. The smallest absolute Gasteiger partial charge is 0.411 e. The maximum absolute atomic E-state index is 11.4. The highest BCUT2D eigenvalue weighted by atomic mass is 35.5. The predicted octanol–water partition coefficient (Wildman–Crippen LogP) is 3.05. The molecule has 19 heavy (non-hydrogen) atoms. The van der Waals surface area contributed by atoms with E-state index in [9.17, 15) is 4.79 Å². The number of amides is 1. The third-order valence-corrected chi connectivity index (χ3v) is 2.66. The Hall–Kier alpha value is -2.01. The van der Waals surface area contributed by atoms with Crippen LogP contribution in [0.2, 0.25) is 0 Å². The second-order valence-corrected chi connectivity index (χ2v) is 4.18. The van der Waals surface area contributed by atoms with Crippen LogP contribution >= 0.6 is 11.6 Å². The first kappa shape index (κ1) is 13.4. The van der Waals surface area contributed by atoms with Crippen molar-refractivity contribution in [2.45, 2.75) is 6.42 Å². The van der Waals surface area contributed by atoms with Crippen LogP contribution in [0, 0.1) is 0 Å². The molecule has 0 unspecified atom stereocenters. The number of hydrogen-bond donors (Lipinski definition) is 1. The number of carbonyl (C=O) groups excluding carboxylic acids is 1. The molecule has 0 bridgehead atoms. The minimum Gasteiger partial charge on any atom is -0.449 e. The second-order valence-electron chi connectivity index (χ2n) is 3.80. The van der Waals surface area contributed by atoms with Crippen molar-refractivity contribution in [1.82, 2.24) is 9.78 Å². The van der Waals surface area contributed by atoms with Crippen molar-refractivity contribution >= 4 is 23.4 Å². The van der Waals surface area contributed by atoms with Crippen molar-refractivity contribution in [3.63, 3.8) is 0 Å². The Labute approximate surface area is 116 Å². The fourth-order valence-corrected chi connectivity index (χ4v) is 1.60. The van der Waals surface area contributed by atoms with Crippen molar-refractivity contribution in [1.29, 1.82) is 0 Å². The number of nitrogens with one attached hydrogen (secondary N) is 1. The van der Waals surface area contributed by atoms with E-state index in [0.717, 1.165) is 5.69 Å². The van der Waals surface area contributed by atoms with Gasteiger partial charge in [-0.2, -0.15) is 5.10 Å². The predicted molar refractivity (Wildman–Crippen MR) is 73.9 cm³/mol. The zero-order valence-electron chi connectivity index (χ0n) is 10.3. The van der Waals surface area contributed by atoms with Gasteiger partial charge in [-0.1, -0.05) is 0 Å². The summed E-state index contributed by atoms with van der Waals surface area (Å²) in [6.45, 7) is 0.320. The van der Waals surface area contributed by atoms with E-state index in [1.54, 1.807) is 23.0 Å². The highest BCUT2D eigenvalue weighted by Gasteiger charge is 2.03. The lowest BCUT2D eigenvalue weighted by molar-refractivity contribution is 0.162. The Kier molecular flexibility index (Phi) is 4.80. The average Bonchev–Trinajstić information content (AvgIpc) is 2.94. The maximum Gasteiger partial charge on any atom is 0.411 e. The van der Waals surface area contributed by atoms with Gasteiger partial charge in [-0.25, -0.2) is 9.48 Å². The fourth-order valence-electron chi connectivity index (χ4n) is 1.49. The van der Waals surface area contributed by atoms with E-state index in [-0.39, 0.29) is 0 Å². The van der Waals surface area contributed by atoms with Crippen LogP contribution < -0.4 is 5.32 Å². The molecule has 0 saturated carbocycles. The molecular formula is C13H14ClN3O2. The molecule has 1 aromatic carbocycles. The summed E-state index contributed by atoms with van der Waals surface area (Å²) in [5, 5.41) is 6.76. The molecule has 1 N–H and O–H groups in total. The van der Waals surface area contributed by atoms with Gasteiger partial charge >= 0.3 is 6.09 Å². The average molecular weight is 280 g/mol. The molecule has 0 saturated heterocycles. The minimum absolute atomic E-state index is 0.320. The van der Waals surface area contributed by atoms with Crippen LogP contribution in [0.15, 0.2) is 42.7 Å². The largest absolute Gasteiger partial charge is 0.449 e. The summed E-state index contributed by atoms with van der Waals surface area (Å²) in [5.41, 5.74) is 1.60. The molecule has 100 valence electrons. The van der Waals surface area contributed by atoms with Crippen molar-refractivity contribution in [3.05, 3.63) is 42.7 Å². The van der Waals surface area contributed by atoms with E-state index >= 15 is 0 Å². The molecular weight excluding hydrogens is 266 g/mol. The Balaban J connectivity index is 1.90. The maximum atomic E-state index is 11.4. The lowest BCUT2D eigenvalue weighted by atomic mass is 10.3. The minimum atomic E-state index is -0.475. The molecule has 0 aliphatic rings. The lowest BCUT2D eigenvalue weighted by Crippen LogP contribution is -2.14. The zero-order chi connectivity index (χ0) is 13.5. The summed E-state index contributed by atoms with van der Waals surface area (Å²) in [7, 11) is 0. The van der Waals surface area contributed by atoms with Crippen LogP contribution in [-0.2, 0) is 4.74 Å². The number of aromatic nitrogens is 2. The second kappa shape index (κ2) is 6.80. The first-order valence-electron chi connectivity index (χ1n) is 5.89. The number of hydrogen-bond acceptors (Lipinski definition) is 3. The van der Waals surface area contributed by atoms with E-state index in [0.29, 0.717) is 24.6 Å². The van der Waals surface area contributed by atoms with Crippen molar-refractivity contribution in [3.8, 4) is 5.69 Å². The van der Waals surface area contributed by atoms with E-state index in [1.165, 1.54) is 0 Å². The number of ether oxygens (including phenoxy) is 1. The summed E-state index contributed by atoms with van der Waals surface area (Å²) in [6, 6.07) is 9.16. The number of rotatable bonds is 5. The van der Waals surface area contributed by atoms with Crippen molar-refractivity contribution < 1.29 is 9.53 Å². The number of alkyl halides is 1. The van der Waals surface area contributed by atoms with Gasteiger partial charge in [0.25, 0.3) is 0 Å². The van der Waals surface area contributed by atoms with Crippen LogP contribution in [0.25, 0.3) is 5.69 Å². The third kappa shape index (κ3) is 3.99. The SMILES string of the molecule is O=C(Nc1ccc(-n2cccn2)cc1)OCCCCl. The summed E-state index contributed by atoms with van der Waals surface area (Å²) < 4.78 is 6.68. The molecule has 0 fully saturated rings. The Morgan fingerprint density at radius 1 is 1.37 bits per heavy atom. The van der Waals surface area contributed by atoms with Crippen LogP contribution in [0.4, 0.5) is 10.5 Å². The lowest BCUT2D eigenvalue weighted by Gasteiger charge is -2.07. The molecule has 6 heteroatoms. The Morgan fingerprint density at radius 3 is 2.79 bits per heavy atom. The van der Waals surface area contributed by atoms with Gasteiger partial charge in [0, 0.05) is 24.0 Å². The third-order valence-electron chi connectivity index (χ3n) is 2.39. The molecule has 0 spiro atoms. The van der Waals surface area contributed by atoms with Crippen molar-refractivity contribution in [2.24, 2.45) is 0 Å². The van der Waals surface area contributed by atoms with E-state index in [1.807, 2.05) is 24.4 Å². The number of nitrogens with zero attached hydrogens (tertiary/aromatic N) is 2. The number of carbonyl (C=O) groups is 1. The molecule has 2 rings (SSSR count). The topological polar surface area (TPSA) is 56.2 Å². The molecule has 1 aromatic heterocycles. The summed E-state index contributed by atoms with van der Waals surface area (Å²) >= 11 is 5.49. The first-order chi connectivity index (χ1) is 9.29. The highest BCUT2D eigenvalue weighted by molar-refractivity contribution is 6.17. The monoisotopic (exact) mass is 279 g/mol. The van der Waals surface area contributed by atoms with Gasteiger partial charge in [-0.15, -0.1) is 11.6 Å². The van der Waals surface area contributed by atoms with Crippen LogP contribution in [0.3, 0.4) is 0 Å². The van der Waals surface area contributed by atoms with Crippen LogP contribution in [0.1, 0.15) is 6.42 Å². The van der Waals surface area contributed by atoms with Gasteiger partial charge < -0.3 is 4.74 Å². The summed E-state index contributed by atoms with van der Waals surface area (Å²) in [4.78, 5) is 11.4. The highest BCUT2D eigenvalue weighted by Crippen LogP contribution is 2.12. The van der Waals surface area contributed by atoms with E-state index < -0.39 is 6.09 Å². The quantitative estimate of drug-likeness (QED) is 0.676.